The van der Waals surface area contributed by atoms with Crippen LogP contribution in [0.2, 0.25) is 0 Å². The molecule has 0 aliphatic heterocycles. The molecule has 0 radical (unpaired) electrons. The summed E-state index contributed by atoms with van der Waals surface area (Å²) in [5.41, 5.74) is 4.11. The summed E-state index contributed by atoms with van der Waals surface area (Å²) in [7, 11) is 1.59. The fourth-order valence-corrected chi connectivity index (χ4v) is 4.76. The molecular formula is C28H27N3O4. The van der Waals surface area contributed by atoms with Crippen molar-refractivity contribution in [3.63, 3.8) is 0 Å². The minimum absolute atomic E-state index is 0.0815. The zero-order chi connectivity index (χ0) is 24.7. The number of ether oxygens (including phenoxy) is 2. The second-order valence-corrected chi connectivity index (χ2v) is 8.86. The number of carbonyl (C=O) groups excluding carboxylic acids is 1. The summed E-state index contributed by atoms with van der Waals surface area (Å²) in [4.78, 5) is 30.8. The van der Waals surface area contributed by atoms with Crippen molar-refractivity contribution in [1.29, 1.82) is 0 Å². The molecule has 0 saturated heterocycles. The standard InChI is InChI=1S/C28H27N3O4/c1-16(2)15-21-23(35-17(3)27(32)30-13-14-34-4)10-9-22-24(21)20-11-12-29-25-18-7-5-6-8-19(18)28(33)31(22)26(20)25/h5-12,17H,1,13-15H2,2-4H3,(H,30,32)/t17-/m1/s1. The third-order valence-electron chi connectivity index (χ3n) is 6.28. The lowest BCUT2D eigenvalue weighted by Crippen LogP contribution is -2.38. The first-order chi connectivity index (χ1) is 16.9. The normalized spacial score (nSPS) is 12.5. The van der Waals surface area contributed by atoms with Crippen molar-refractivity contribution in [3.05, 3.63) is 76.7 Å². The molecule has 178 valence electrons. The van der Waals surface area contributed by atoms with Gasteiger partial charge in [-0.3, -0.25) is 19.0 Å². The van der Waals surface area contributed by atoms with E-state index in [0.29, 0.717) is 30.7 Å². The summed E-state index contributed by atoms with van der Waals surface area (Å²) in [5, 5.41) is 6.11. The molecular weight excluding hydrogens is 442 g/mol. The number of nitrogens with one attached hydrogen (secondary N) is 1. The number of methoxy groups -OCH3 is 1. The van der Waals surface area contributed by atoms with Gasteiger partial charge in [-0.1, -0.05) is 30.4 Å². The SMILES string of the molecule is C=C(C)Cc1c(O[C@H](C)C(=O)NCCOC)ccc2c1c1ccnc3c4ccccc4c(=O)n2c13. The second-order valence-electron chi connectivity index (χ2n) is 8.86. The molecule has 7 heteroatoms. The van der Waals surface area contributed by atoms with Crippen LogP contribution in [0.5, 0.6) is 5.75 Å². The Morgan fingerprint density at radius 3 is 2.66 bits per heavy atom. The van der Waals surface area contributed by atoms with Crippen molar-refractivity contribution < 1.29 is 14.3 Å². The Balaban J connectivity index is 1.75. The predicted octanol–water partition coefficient (Wildman–Crippen LogP) is 4.24. The van der Waals surface area contributed by atoms with Gasteiger partial charge in [0.2, 0.25) is 0 Å². The maximum Gasteiger partial charge on any atom is 0.263 e. The molecule has 7 nitrogen and oxygen atoms in total. The average Bonchev–Trinajstić information content (AvgIpc) is 3.19. The molecule has 3 aromatic heterocycles. The molecule has 3 heterocycles. The van der Waals surface area contributed by atoms with Crippen LogP contribution in [0.3, 0.4) is 0 Å². The number of allylic oxidation sites excluding steroid dienone is 1. The van der Waals surface area contributed by atoms with Crippen LogP contribution in [0.1, 0.15) is 19.4 Å². The van der Waals surface area contributed by atoms with Crippen LogP contribution in [0, 0.1) is 0 Å². The lowest BCUT2D eigenvalue weighted by atomic mass is 9.99. The van der Waals surface area contributed by atoms with Gasteiger partial charge < -0.3 is 14.8 Å². The number of amides is 1. The van der Waals surface area contributed by atoms with Gasteiger partial charge in [0.25, 0.3) is 11.5 Å². The van der Waals surface area contributed by atoms with Gasteiger partial charge in [0, 0.05) is 47.0 Å². The van der Waals surface area contributed by atoms with Crippen LogP contribution in [0.15, 0.2) is 65.6 Å². The quantitative estimate of drug-likeness (QED) is 0.209. The van der Waals surface area contributed by atoms with Crippen molar-refractivity contribution in [2.24, 2.45) is 0 Å². The first-order valence-electron chi connectivity index (χ1n) is 11.6. The Morgan fingerprint density at radius 2 is 1.91 bits per heavy atom. The topological polar surface area (TPSA) is 81.9 Å². The van der Waals surface area contributed by atoms with Gasteiger partial charge in [-0.25, -0.2) is 0 Å². The lowest BCUT2D eigenvalue weighted by molar-refractivity contribution is -0.127. The Hall–Kier alpha value is -3.97. The van der Waals surface area contributed by atoms with Crippen molar-refractivity contribution in [2.45, 2.75) is 26.4 Å². The average molecular weight is 470 g/mol. The molecule has 2 aromatic carbocycles. The first kappa shape index (κ1) is 22.8. The maximum atomic E-state index is 13.6. The minimum atomic E-state index is -0.708. The van der Waals surface area contributed by atoms with E-state index in [4.69, 9.17) is 9.47 Å². The predicted molar refractivity (Wildman–Crippen MR) is 139 cm³/mol. The summed E-state index contributed by atoms with van der Waals surface area (Å²) in [6.07, 6.45) is 1.61. The van der Waals surface area contributed by atoms with E-state index in [1.54, 1.807) is 24.6 Å². The molecule has 0 fully saturated rings. The Labute approximate surface area is 202 Å². The van der Waals surface area contributed by atoms with Gasteiger partial charge in [-0.05, 0) is 44.5 Å². The number of hydrogen-bond donors (Lipinski definition) is 1. The van der Waals surface area contributed by atoms with Crippen LogP contribution >= 0.6 is 0 Å². The fourth-order valence-electron chi connectivity index (χ4n) is 4.76. The smallest absolute Gasteiger partial charge is 0.263 e. The molecule has 1 amide bonds. The third-order valence-corrected chi connectivity index (χ3v) is 6.28. The molecule has 35 heavy (non-hydrogen) atoms. The van der Waals surface area contributed by atoms with Gasteiger partial charge in [0.05, 0.1) is 23.2 Å². The molecule has 0 unspecified atom stereocenters. The Kier molecular flexibility index (Phi) is 5.86. The van der Waals surface area contributed by atoms with Crippen LogP contribution in [0.25, 0.3) is 38.1 Å². The first-order valence-corrected chi connectivity index (χ1v) is 11.6. The van der Waals surface area contributed by atoms with Gasteiger partial charge in [0.1, 0.15) is 5.75 Å². The molecule has 5 rings (SSSR count). The number of hydrogen-bond acceptors (Lipinski definition) is 5. The highest BCUT2D eigenvalue weighted by molar-refractivity contribution is 6.19. The van der Waals surface area contributed by atoms with E-state index >= 15 is 0 Å². The van der Waals surface area contributed by atoms with E-state index in [1.165, 1.54) is 0 Å². The summed E-state index contributed by atoms with van der Waals surface area (Å²) < 4.78 is 12.9. The molecule has 0 aliphatic rings. The number of pyridine rings is 2. The van der Waals surface area contributed by atoms with Crippen LogP contribution < -0.4 is 15.6 Å². The van der Waals surface area contributed by atoms with E-state index in [9.17, 15) is 9.59 Å². The molecule has 0 spiro atoms. The van der Waals surface area contributed by atoms with Crippen LogP contribution in [-0.2, 0) is 16.0 Å². The number of nitrogens with zero attached hydrogens (tertiary/aromatic N) is 2. The van der Waals surface area contributed by atoms with E-state index in [2.05, 4.69) is 16.9 Å². The minimum Gasteiger partial charge on any atom is -0.481 e. The second kappa shape index (κ2) is 9.00. The van der Waals surface area contributed by atoms with Crippen molar-refractivity contribution >= 4 is 44.0 Å². The van der Waals surface area contributed by atoms with E-state index in [1.807, 2.05) is 49.4 Å². The number of aromatic nitrogens is 2. The zero-order valence-electron chi connectivity index (χ0n) is 20.1. The Bertz CT molecular complexity index is 1650. The lowest BCUT2D eigenvalue weighted by Gasteiger charge is -2.18. The number of benzene rings is 2. The van der Waals surface area contributed by atoms with Crippen molar-refractivity contribution in [2.75, 3.05) is 20.3 Å². The van der Waals surface area contributed by atoms with E-state index in [0.717, 1.165) is 43.8 Å². The molecule has 1 atom stereocenters. The molecule has 1 N–H and O–H groups in total. The Morgan fingerprint density at radius 1 is 1.14 bits per heavy atom. The molecule has 0 saturated carbocycles. The summed E-state index contributed by atoms with van der Waals surface area (Å²) in [5.74, 6) is 0.373. The molecule has 0 aliphatic carbocycles. The highest BCUT2D eigenvalue weighted by Crippen LogP contribution is 2.39. The zero-order valence-corrected chi connectivity index (χ0v) is 20.1. The van der Waals surface area contributed by atoms with Crippen LogP contribution in [-0.4, -0.2) is 41.7 Å². The largest absolute Gasteiger partial charge is 0.481 e. The third kappa shape index (κ3) is 3.78. The summed E-state index contributed by atoms with van der Waals surface area (Å²) >= 11 is 0. The highest BCUT2D eigenvalue weighted by Gasteiger charge is 2.23. The van der Waals surface area contributed by atoms with Gasteiger partial charge in [-0.15, -0.1) is 0 Å². The summed E-state index contributed by atoms with van der Waals surface area (Å²) in [6.45, 7) is 8.62. The summed E-state index contributed by atoms with van der Waals surface area (Å²) in [6, 6.07) is 13.2. The van der Waals surface area contributed by atoms with E-state index in [-0.39, 0.29) is 11.5 Å². The highest BCUT2D eigenvalue weighted by atomic mass is 16.5. The number of fused-ring (bicyclic) bond motifs is 5. The molecule has 5 aromatic rings. The molecule has 0 bridgehead atoms. The van der Waals surface area contributed by atoms with Crippen molar-refractivity contribution in [3.8, 4) is 5.75 Å². The van der Waals surface area contributed by atoms with E-state index < -0.39 is 6.10 Å². The number of carbonyl (C=O) groups is 1. The van der Waals surface area contributed by atoms with Crippen LogP contribution in [0.4, 0.5) is 0 Å². The number of rotatable bonds is 8. The fraction of sp³-hybridized carbons (Fsp3) is 0.250. The van der Waals surface area contributed by atoms with Gasteiger partial charge in [-0.2, -0.15) is 0 Å². The maximum absolute atomic E-state index is 13.6. The van der Waals surface area contributed by atoms with Gasteiger partial charge >= 0.3 is 0 Å². The monoisotopic (exact) mass is 469 g/mol. The van der Waals surface area contributed by atoms with Crippen molar-refractivity contribution in [1.82, 2.24) is 14.7 Å². The van der Waals surface area contributed by atoms with Gasteiger partial charge in [0.15, 0.2) is 6.10 Å².